The number of piperidine rings is 1. The van der Waals surface area contributed by atoms with Crippen LogP contribution in [0.5, 0.6) is 0 Å². The van der Waals surface area contributed by atoms with E-state index in [1.807, 2.05) is 6.07 Å². The van der Waals surface area contributed by atoms with Gasteiger partial charge in [0.05, 0.1) is 23.3 Å². The third kappa shape index (κ3) is 4.43. The van der Waals surface area contributed by atoms with E-state index in [-0.39, 0.29) is 28.5 Å². The van der Waals surface area contributed by atoms with Gasteiger partial charge in [-0.2, -0.15) is 0 Å². The molecule has 0 unspecified atom stereocenters. The van der Waals surface area contributed by atoms with E-state index in [4.69, 9.17) is 16.3 Å². The summed E-state index contributed by atoms with van der Waals surface area (Å²) >= 11 is 5.74. The molecule has 2 amide bonds. The number of halogens is 2. The Labute approximate surface area is 153 Å². The number of amides is 2. The maximum atomic E-state index is 13.6. The largest absolute Gasteiger partial charge is 0.373 e. The molecule has 0 aliphatic carbocycles. The highest BCUT2D eigenvalue weighted by molar-refractivity contribution is 6.30. The van der Waals surface area contributed by atoms with E-state index >= 15 is 0 Å². The van der Waals surface area contributed by atoms with Crippen molar-refractivity contribution in [2.75, 3.05) is 33.8 Å². The normalized spacial score (nSPS) is 23.0. The van der Waals surface area contributed by atoms with Gasteiger partial charge in [0.15, 0.2) is 0 Å². The van der Waals surface area contributed by atoms with Crippen LogP contribution in [0.2, 0.25) is 5.02 Å². The second-order valence-corrected chi connectivity index (χ2v) is 7.67. The third-order valence-electron chi connectivity index (χ3n) is 5.10. The van der Waals surface area contributed by atoms with Gasteiger partial charge in [0.1, 0.15) is 5.82 Å². The molecule has 7 heteroatoms. The number of carbonyl (C=O) groups excluding carboxylic acids is 1. The predicted molar refractivity (Wildman–Crippen MR) is 95.2 cm³/mol. The van der Waals surface area contributed by atoms with Gasteiger partial charge in [-0.3, -0.25) is 4.90 Å². The average molecular weight is 370 g/mol. The van der Waals surface area contributed by atoms with E-state index in [0.29, 0.717) is 13.2 Å². The van der Waals surface area contributed by atoms with E-state index in [1.54, 1.807) is 25.1 Å². The van der Waals surface area contributed by atoms with Crippen LogP contribution >= 0.6 is 11.6 Å². The Kier molecular flexibility index (Phi) is 5.51. The number of nitrogens with zero attached hydrogens (tertiary/aromatic N) is 2. The standard InChI is InChI=1S/C18H25ClFN3O2/c1-22(2)17(24)21-14-10-18(25-12-14)5-7-23(8-6-18)11-13-3-4-15(19)16(20)9-13/h3-4,9,14H,5-8,10-12H2,1-2H3,(H,21,24)/t14-/m0/s1. The van der Waals surface area contributed by atoms with Crippen molar-refractivity contribution in [3.63, 3.8) is 0 Å². The molecule has 1 atom stereocenters. The predicted octanol–water partition coefficient (Wildman–Crippen LogP) is 2.87. The highest BCUT2D eigenvalue weighted by Gasteiger charge is 2.43. The molecule has 1 aromatic carbocycles. The Balaban J connectivity index is 1.50. The minimum Gasteiger partial charge on any atom is -0.373 e. The van der Waals surface area contributed by atoms with Gasteiger partial charge in [-0.25, -0.2) is 9.18 Å². The average Bonchev–Trinajstić information content (AvgIpc) is 2.96. The number of nitrogens with one attached hydrogen (secondary N) is 1. The van der Waals surface area contributed by atoms with Crippen molar-refractivity contribution in [3.05, 3.63) is 34.6 Å². The smallest absolute Gasteiger partial charge is 0.317 e. The van der Waals surface area contributed by atoms with Crippen LogP contribution in [0.3, 0.4) is 0 Å². The molecule has 2 heterocycles. The molecule has 3 rings (SSSR count). The summed E-state index contributed by atoms with van der Waals surface area (Å²) in [5.74, 6) is -0.369. The minimum atomic E-state index is -0.369. The number of hydrogen-bond donors (Lipinski definition) is 1. The molecule has 138 valence electrons. The SMILES string of the molecule is CN(C)C(=O)N[C@@H]1COC2(CCN(Cc3ccc(Cl)c(F)c3)CC2)C1. The van der Waals surface area contributed by atoms with Crippen molar-refractivity contribution >= 4 is 17.6 Å². The first-order chi connectivity index (χ1) is 11.9. The number of ether oxygens (including phenoxy) is 1. The van der Waals surface area contributed by atoms with Crippen molar-refractivity contribution in [1.82, 2.24) is 15.1 Å². The molecular weight excluding hydrogens is 345 g/mol. The van der Waals surface area contributed by atoms with Crippen LogP contribution in [0.15, 0.2) is 18.2 Å². The van der Waals surface area contributed by atoms with E-state index in [2.05, 4.69) is 10.2 Å². The second kappa shape index (κ2) is 7.48. The van der Waals surface area contributed by atoms with Gasteiger partial charge >= 0.3 is 6.03 Å². The van der Waals surface area contributed by atoms with Crippen molar-refractivity contribution < 1.29 is 13.9 Å². The van der Waals surface area contributed by atoms with E-state index < -0.39 is 0 Å². The summed E-state index contributed by atoms with van der Waals surface area (Å²) in [6.45, 7) is 3.09. The van der Waals surface area contributed by atoms with Gasteiger partial charge < -0.3 is 15.0 Å². The zero-order valence-electron chi connectivity index (χ0n) is 14.7. The van der Waals surface area contributed by atoms with Gasteiger partial charge in [0, 0.05) is 33.7 Å². The molecule has 0 radical (unpaired) electrons. The Morgan fingerprint density at radius 3 is 2.80 bits per heavy atom. The number of hydrogen-bond acceptors (Lipinski definition) is 3. The van der Waals surface area contributed by atoms with Gasteiger partial charge in [-0.1, -0.05) is 17.7 Å². The minimum absolute atomic E-state index is 0.0758. The highest BCUT2D eigenvalue weighted by Crippen LogP contribution is 2.36. The monoisotopic (exact) mass is 369 g/mol. The van der Waals surface area contributed by atoms with Crippen LogP contribution < -0.4 is 5.32 Å². The summed E-state index contributed by atoms with van der Waals surface area (Å²) in [4.78, 5) is 15.6. The van der Waals surface area contributed by atoms with Crippen molar-refractivity contribution in [2.24, 2.45) is 0 Å². The summed E-state index contributed by atoms with van der Waals surface area (Å²) in [6, 6.07) is 4.98. The zero-order chi connectivity index (χ0) is 18.0. The van der Waals surface area contributed by atoms with Crippen LogP contribution in [0.1, 0.15) is 24.8 Å². The molecule has 5 nitrogen and oxygen atoms in total. The van der Waals surface area contributed by atoms with Gasteiger partial charge in [0.2, 0.25) is 0 Å². The van der Waals surface area contributed by atoms with Crippen LogP contribution in [0.4, 0.5) is 9.18 Å². The maximum absolute atomic E-state index is 13.6. The number of benzene rings is 1. The second-order valence-electron chi connectivity index (χ2n) is 7.26. The molecule has 0 saturated carbocycles. The summed E-state index contributed by atoms with van der Waals surface area (Å²) < 4.78 is 19.6. The molecule has 1 spiro atoms. The fourth-order valence-electron chi connectivity index (χ4n) is 3.60. The van der Waals surface area contributed by atoms with Crippen molar-refractivity contribution in [1.29, 1.82) is 0 Å². The Hall–Kier alpha value is -1.37. The first-order valence-corrected chi connectivity index (χ1v) is 9.03. The lowest BCUT2D eigenvalue weighted by Crippen LogP contribution is -2.45. The van der Waals surface area contributed by atoms with Crippen molar-refractivity contribution in [3.8, 4) is 0 Å². The summed E-state index contributed by atoms with van der Waals surface area (Å²) in [7, 11) is 3.47. The lowest BCUT2D eigenvalue weighted by atomic mass is 9.87. The maximum Gasteiger partial charge on any atom is 0.317 e. The van der Waals surface area contributed by atoms with Crippen LogP contribution in [-0.2, 0) is 11.3 Å². The molecule has 25 heavy (non-hydrogen) atoms. The molecule has 2 saturated heterocycles. The van der Waals surface area contributed by atoms with Crippen LogP contribution in [0, 0.1) is 5.82 Å². The Morgan fingerprint density at radius 1 is 1.44 bits per heavy atom. The summed E-state index contributed by atoms with van der Waals surface area (Å²) in [6.07, 6.45) is 2.71. The van der Waals surface area contributed by atoms with Crippen LogP contribution in [0.25, 0.3) is 0 Å². The summed E-state index contributed by atoms with van der Waals surface area (Å²) in [5.41, 5.74) is 0.799. The van der Waals surface area contributed by atoms with Gasteiger partial charge in [0.25, 0.3) is 0 Å². The Morgan fingerprint density at radius 2 is 2.16 bits per heavy atom. The first-order valence-electron chi connectivity index (χ1n) is 8.65. The fraction of sp³-hybridized carbons (Fsp3) is 0.611. The van der Waals surface area contributed by atoms with Gasteiger partial charge in [-0.15, -0.1) is 0 Å². The number of likely N-dealkylation sites (tertiary alicyclic amines) is 1. The first kappa shape index (κ1) is 18.4. The fourth-order valence-corrected chi connectivity index (χ4v) is 3.72. The molecular formula is C18H25ClFN3O2. The lowest BCUT2D eigenvalue weighted by Gasteiger charge is -2.38. The number of urea groups is 1. The quantitative estimate of drug-likeness (QED) is 0.891. The molecule has 2 fully saturated rings. The summed E-state index contributed by atoms with van der Waals surface area (Å²) in [5, 5.41) is 3.17. The topological polar surface area (TPSA) is 44.8 Å². The van der Waals surface area contributed by atoms with E-state index in [9.17, 15) is 9.18 Å². The third-order valence-corrected chi connectivity index (χ3v) is 5.41. The molecule has 1 N–H and O–H groups in total. The van der Waals surface area contributed by atoms with E-state index in [0.717, 1.165) is 37.9 Å². The molecule has 2 aliphatic heterocycles. The molecule has 2 aliphatic rings. The van der Waals surface area contributed by atoms with E-state index in [1.165, 1.54) is 6.07 Å². The molecule has 1 aromatic rings. The molecule has 0 bridgehead atoms. The number of carbonyl (C=O) groups is 1. The Bertz CT molecular complexity index is 633. The lowest BCUT2D eigenvalue weighted by molar-refractivity contribution is -0.0449. The number of rotatable bonds is 3. The highest BCUT2D eigenvalue weighted by atomic mass is 35.5. The van der Waals surface area contributed by atoms with Crippen LogP contribution in [-0.4, -0.2) is 61.3 Å². The van der Waals surface area contributed by atoms with Crippen molar-refractivity contribution in [2.45, 2.75) is 37.5 Å². The molecule has 0 aromatic heterocycles. The van der Waals surface area contributed by atoms with Gasteiger partial charge in [-0.05, 0) is 37.0 Å². The zero-order valence-corrected chi connectivity index (χ0v) is 15.5.